The molecule has 1 aromatic rings. The van der Waals surface area contributed by atoms with Crippen LogP contribution < -0.4 is 5.73 Å². The molecule has 3 nitrogen and oxygen atoms in total. The number of benzene rings is 1. The Morgan fingerprint density at radius 2 is 1.65 bits per heavy atom. The average molecular weight is 293 g/mol. The van der Waals surface area contributed by atoms with Crippen LogP contribution in [0.1, 0.15) is 56.9 Å². The summed E-state index contributed by atoms with van der Waals surface area (Å²) in [6.45, 7) is 0. The Morgan fingerprint density at radius 3 is 2.25 bits per heavy atom. The van der Waals surface area contributed by atoms with E-state index in [2.05, 4.69) is 0 Å². The summed E-state index contributed by atoms with van der Waals surface area (Å²) in [5, 5.41) is -0.184. The predicted molar refractivity (Wildman–Crippen MR) is 80.2 cm³/mol. The van der Waals surface area contributed by atoms with Crippen molar-refractivity contribution in [2.75, 3.05) is 0 Å². The van der Waals surface area contributed by atoms with E-state index in [0.717, 1.165) is 50.5 Å². The van der Waals surface area contributed by atoms with Gasteiger partial charge in [-0.3, -0.25) is 0 Å². The fourth-order valence-electron chi connectivity index (χ4n) is 3.44. The van der Waals surface area contributed by atoms with Crippen LogP contribution >= 0.6 is 0 Å². The van der Waals surface area contributed by atoms with Crippen LogP contribution in [0, 0.1) is 0 Å². The van der Waals surface area contributed by atoms with Crippen molar-refractivity contribution in [1.82, 2.24) is 0 Å². The molecule has 2 aliphatic carbocycles. The first kappa shape index (κ1) is 14.1. The summed E-state index contributed by atoms with van der Waals surface area (Å²) in [7, 11) is -3.20. The Balaban J connectivity index is 2.04. The molecular weight excluding hydrogens is 270 g/mol. The standard InChI is InChI=1S/C16H23NO2S/c17-16(11-4-1-5-12-16)14-9-2-3-10-15(14)20(18,19)13-7-6-8-13/h2-3,9-10,13H,1,4-8,11-12,17H2. The minimum Gasteiger partial charge on any atom is -0.321 e. The lowest BCUT2D eigenvalue weighted by Gasteiger charge is -2.36. The fraction of sp³-hybridized carbons (Fsp3) is 0.625. The molecule has 0 radical (unpaired) electrons. The van der Waals surface area contributed by atoms with Crippen molar-refractivity contribution in [3.8, 4) is 0 Å². The highest BCUT2D eigenvalue weighted by Crippen LogP contribution is 2.40. The van der Waals surface area contributed by atoms with Gasteiger partial charge in [0.1, 0.15) is 0 Å². The van der Waals surface area contributed by atoms with Gasteiger partial charge in [-0.2, -0.15) is 0 Å². The second kappa shape index (κ2) is 5.15. The normalized spacial score (nSPS) is 23.2. The molecule has 0 spiro atoms. The summed E-state index contributed by atoms with van der Waals surface area (Å²) >= 11 is 0. The molecule has 110 valence electrons. The van der Waals surface area contributed by atoms with Crippen LogP contribution in [0.25, 0.3) is 0 Å². The van der Waals surface area contributed by atoms with E-state index in [4.69, 9.17) is 5.73 Å². The first-order valence-corrected chi connectivity index (χ1v) is 9.21. The van der Waals surface area contributed by atoms with E-state index in [1.165, 1.54) is 6.42 Å². The quantitative estimate of drug-likeness (QED) is 0.931. The number of nitrogens with two attached hydrogens (primary N) is 1. The minimum absolute atomic E-state index is 0.184. The highest BCUT2D eigenvalue weighted by atomic mass is 32.2. The summed E-state index contributed by atoms with van der Waals surface area (Å²) in [6.07, 6.45) is 7.80. The minimum atomic E-state index is -3.20. The molecule has 0 bridgehead atoms. The molecule has 20 heavy (non-hydrogen) atoms. The summed E-state index contributed by atoms with van der Waals surface area (Å²) in [6, 6.07) is 7.42. The van der Waals surface area contributed by atoms with E-state index in [9.17, 15) is 8.42 Å². The van der Waals surface area contributed by atoms with Gasteiger partial charge in [0.15, 0.2) is 9.84 Å². The van der Waals surface area contributed by atoms with Gasteiger partial charge >= 0.3 is 0 Å². The topological polar surface area (TPSA) is 60.2 Å². The maximum atomic E-state index is 12.8. The lowest BCUT2D eigenvalue weighted by atomic mass is 9.77. The summed E-state index contributed by atoms with van der Waals surface area (Å²) in [4.78, 5) is 0.495. The zero-order chi connectivity index (χ0) is 14.2. The Bertz CT molecular complexity index is 584. The monoisotopic (exact) mass is 293 g/mol. The van der Waals surface area contributed by atoms with Gasteiger partial charge in [0.2, 0.25) is 0 Å². The molecular formula is C16H23NO2S. The molecule has 2 N–H and O–H groups in total. The van der Waals surface area contributed by atoms with Gasteiger partial charge in [0.05, 0.1) is 10.1 Å². The van der Waals surface area contributed by atoms with Crippen LogP contribution in [0.4, 0.5) is 0 Å². The molecule has 0 saturated heterocycles. The third-order valence-electron chi connectivity index (χ3n) is 4.97. The molecule has 0 heterocycles. The Morgan fingerprint density at radius 1 is 1.00 bits per heavy atom. The van der Waals surface area contributed by atoms with Crippen molar-refractivity contribution in [3.05, 3.63) is 29.8 Å². The Kier molecular flexibility index (Phi) is 3.63. The summed E-state index contributed by atoms with van der Waals surface area (Å²) < 4.78 is 25.5. The first-order valence-electron chi connectivity index (χ1n) is 7.66. The average Bonchev–Trinajstić information content (AvgIpc) is 2.37. The van der Waals surface area contributed by atoms with Gasteiger partial charge in [-0.05, 0) is 37.3 Å². The van der Waals surface area contributed by atoms with Gasteiger partial charge in [-0.1, -0.05) is 43.9 Å². The van der Waals surface area contributed by atoms with Crippen LogP contribution in [-0.2, 0) is 15.4 Å². The van der Waals surface area contributed by atoms with Gasteiger partial charge in [0.25, 0.3) is 0 Å². The Labute approximate surface area is 121 Å². The summed E-state index contributed by atoms with van der Waals surface area (Å²) in [5.41, 5.74) is 6.97. The van der Waals surface area contributed by atoms with E-state index in [1.807, 2.05) is 18.2 Å². The zero-order valence-corrected chi connectivity index (χ0v) is 12.7. The van der Waals surface area contributed by atoms with Crippen molar-refractivity contribution < 1.29 is 8.42 Å². The second-order valence-electron chi connectivity index (χ2n) is 6.31. The SMILES string of the molecule is NC1(c2ccccc2S(=O)(=O)C2CCC2)CCCCC1. The Hall–Kier alpha value is -0.870. The van der Waals surface area contributed by atoms with Crippen molar-refractivity contribution in [2.45, 2.75) is 67.1 Å². The number of sulfone groups is 1. The van der Waals surface area contributed by atoms with E-state index in [0.29, 0.717) is 4.90 Å². The van der Waals surface area contributed by atoms with E-state index in [1.54, 1.807) is 6.07 Å². The lowest BCUT2D eigenvalue weighted by Crippen LogP contribution is -2.41. The van der Waals surface area contributed by atoms with E-state index < -0.39 is 15.4 Å². The third-order valence-corrected chi connectivity index (χ3v) is 7.28. The van der Waals surface area contributed by atoms with Crippen LogP contribution in [0.15, 0.2) is 29.2 Å². The van der Waals surface area contributed by atoms with Gasteiger partial charge < -0.3 is 5.73 Å². The van der Waals surface area contributed by atoms with Crippen LogP contribution in [0.2, 0.25) is 0 Å². The highest BCUT2D eigenvalue weighted by Gasteiger charge is 2.38. The predicted octanol–water partition coefficient (Wildman–Crippen LogP) is 3.13. The molecule has 3 rings (SSSR count). The van der Waals surface area contributed by atoms with Crippen molar-refractivity contribution in [1.29, 1.82) is 0 Å². The smallest absolute Gasteiger partial charge is 0.181 e. The summed E-state index contributed by atoms with van der Waals surface area (Å²) in [5.74, 6) is 0. The second-order valence-corrected chi connectivity index (χ2v) is 8.51. The van der Waals surface area contributed by atoms with Crippen LogP contribution in [0.3, 0.4) is 0 Å². The molecule has 0 amide bonds. The molecule has 4 heteroatoms. The van der Waals surface area contributed by atoms with Gasteiger partial charge in [-0.15, -0.1) is 0 Å². The molecule has 0 aromatic heterocycles. The van der Waals surface area contributed by atoms with E-state index >= 15 is 0 Å². The molecule has 2 aliphatic rings. The first-order chi connectivity index (χ1) is 9.54. The van der Waals surface area contributed by atoms with Crippen LogP contribution in [-0.4, -0.2) is 13.7 Å². The van der Waals surface area contributed by atoms with Crippen LogP contribution in [0.5, 0.6) is 0 Å². The molecule has 0 atom stereocenters. The maximum Gasteiger partial charge on any atom is 0.181 e. The van der Waals surface area contributed by atoms with Gasteiger partial charge in [0, 0.05) is 5.54 Å². The maximum absolute atomic E-state index is 12.8. The largest absolute Gasteiger partial charge is 0.321 e. The molecule has 0 aliphatic heterocycles. The van der Waals surface area contributed by atoms with Crippen molar-refractivity contribution in [2.24, 2.45) is 5.73 Å². The fourth-order valence-corrected chi connectivity index (χ4v) is 5.60. The molecule has 2 saturated carbocycles. The number of hydrogen-bond acceptors (Lipinski definition) is 3. The van der Waals surface area contributed by atoms with E-state index in [-0.39, 0.29) is 5.25 Å². The van der Waals surface area contributed by atoms with Crippen molar-refractivity contribution >= 4 is 9.84 Å². The van der Waals surface area contributed by atoms with Crippen molar-refractivity contribution in [3.63, 3.8) is 0 Å². The highest BCUT2D eigenvalue weighted by molar-refractivity contribution is 7.92. The zero-order valence-electron chi connectivity index (χ0n) is 11.8. The number of rotatable bonds is 3. The lowest BCUT2D eigenvalue weighted by molar-refractivity contribution is 0.297. The third kappa shape index (κ3) is 2.29. The molecule has 0 unspecified atom stereocenters. The molecule has 1 aromatic carbocycles. The molecule has 2 fully saturated rings. The van der Waals surface area contributed by atoms with Gasteiger partial charge in [-0.25, -0.2) is 8.42 Å². The number of hydrogen-bond donors (Lipinski definition) is 1.